The second-order valence-corrected chi connectivity index (χ2v) is 6.40. The zero-order chi connectivity index (χ0) is 15.4. The van der Waals surface area contributed by atoms with Crippen molar-refractivity contribution in [2.45, 2.75) is 52.8 Å². The van der Waals surface area contributed by atoms with Crippen molar-refractivity contribution < 1.29 is 13.2 Å². The monoisotopic (exact) mass is 287 g/mol. The highest BCUT2D eigenvalue weighted by molar-refractivity contribution is 5.26. The van der Waals surface area contributed by atoms with Gasteiger partial charge in [-0.25, -0.2) is 0 Å². The maximum Gasteiger partial charge on any atom is 0.416 e. The van der Waals surface area contributed by atoms with Gasteiger partial charge in [0, 0.05) is 6.04 Å². The van der Waals surface area contributed by atoms with Crippen LogP contribution in [-0.4, -0.2) is 12.6 Å². The molecule has 0 aliphatic rings. The van der Waals surface area contributed by atoms with Crippen molar-refractivity contribution in [3.63, 3.8) is 0 Å². The fourth-order valence-electron chi connectivity index (χ4n) is 2.20. The van der Waals surface area contributed by atoms with Gasteiger partial charge in [-0.15, -0.1) is 0 Å². The Hall–Kier alpha value is -1.03. The minimum Gasteiger partial charge on any atom is -0.315 e. The minimum atomic E-state index is -4.26. The highest BCUT2D eigenvalue weighted by atomic mass is 19.4. The number of alkyl halides is 3. The van der Waals surface area contributed by atoms with E-state index in [1.54, 1.807) is 6.07 Å². The van der Waals surface area contributed by atoms with Gasteiger partial charge < -0.3 is 5.32 Å². The lowest BCUT2D eigenvalue weighted by molar-refractivity contribution is -0.137. The van der Waals surface area contributed by atoms with Gasteiger partial charge in [-0.1, -0.05) is 45.9 Å². The molecular formula is C16H24F3N. The molecule has 0 spiro atoms. The van der Waals surface area contributed by atoms with E-state index in [0.717, 1.165) is 24.6 Å². The number of hydrogen-bond donors (Lipinski definition) is 1. The van der Waals surface area contributed by atoms with Crippen LogP contribution in [0.15, 0.2) is 24.3 Å². The summed E-state index contributed by atoms with van der Waals surface area (Å²) in [5.41, 5.74) is 0.159. The van der Waals surface area contributed by atoms with Crippen LogP contribution in [0.3, 0.4) is 0 Å². The summed E-state index contributed by atoms with van der Waals surface area (Å²) in [5.74, 6) is 0. The number of hydrogen-bond acceptors (Lipinski definition) is 1. The summed E-state index contributed by atoms with van der Waals surface area (Å²) >= 11 is 0. The first-order chi connectivity index (χ1) is 9.10. The first kappa shape index (κ1) is 17.0. The second-order valence-electron chi connectivity index (χ2n) is 6.40. The number of nitrogens with one attached hydrogen (secondary N) is 1. The lowest BCUT2D eigenvalue weighted by atomic mass is 9.82. The van der Waals surface area contributed by atoms with Gasteiger partial charge in [0.05, 0.1) is 5.56 Å². The molecule has 0 fully saturated rings. The smallest absolute Gasteiger partial charge is 0.315 e. The molecule has 0 heterocycles. The summed E-state index contributed by atoms with van der Waals surface area (Å²) in [7, 11) is 0. The summed E-state index contributed by atoms with van der Waals surface area (Å²) in [5, 5.41) is 3.34. The Morgan fingerprint density at radius 3 is 2.35 bits per heavy atom. The molecule has 114 valence electrons. The molecule has 1 rings (SSSR count). The van der Waals surface area contributed by atoms with E-state index in [0.29, 0.717) is 12.5 Å². The Balaban J connectivity index is 2.67. The summed E-state index contributed by atoms with van der Waals surface area (Å²) in [6.07, 6.45) is -2.68. The normalized spacial score (nSPS) is 13.0. The minimum absolute atomic E-state index is 0.0217. The van der Waals surface area contributed by atoms with Gasteiger partial charge in [-0.2, -0.15) is 13.2 Å². The van der Waals surface area contributed by atoms with E-state index in [-0.39, 0.29) is 5.41 Å². The van der Waals surface area contributed by atoms with Gasteiger partial charge in [0.15, 0.2) is 0 Å². The molecule has 20 heavy (non-hydrogen) atoms. The molecule has 0 radical (unpaired) electrons. The Labute approximate surface area is 119 Å². The Morgan fingerprint density at radius 1 is 1.15 bits per heavy atom. The van der Waals surface area contributed by atoms with Crippen LogP contribution < -0.4 is 5.32 Å². The molecule has 0 saturated carbocycles. The van der Waals surface area contributed by atoms with Crippen LogP contribution in [0.1, 0.15) is 45.2 Å². The van der Waals surface area contributed by atoms with Crippen LogP contribution in [-0.2, 0) is 12.6 Å². The molecule has 0 bridgehead atoms. The maximum atomic E-state index is 12.7. The van der Waals surface area contributed by atoms with E-state index in [4.69, 9.17) is 0 Å². The zero-order valence-electron chi connectivity index (χ0n) is 12.6. The van der Waals surface area contributed by atoms with Gasteiger partial charge in [-0.05, 0) is 36.4 Å². The van der Waals surface area contributed by atoms with Crippen molar-refractivity contribution in [1.82, 2.24) is 5.32 Å². The van der Waals surface area contributed by atoms with E-state index < -0.39 is 11.7 Å². The molecule has 0 amide bonds. The van der Waals surface area contributed by atoms with E-state index >= 15 is 0 Å². The first-order valence-electron chi connectivity index (χ1n) is 7.00. The number of halogens is 3. The van der Waals surface area contributed by atoms with Crippen LogP contribution in [0.4, 0.5) is 13.2 Å². The fraction of sp³-hybridized carbons (Fsp3) is 0.625. The molecule has 0 unspecified atom stereocenters. The SMILES string of the molecule is CC(C)NCCC(C)(C)Cc1cccc(C(F)(F)F)c1. The second kappa shape index (κ2) is 6.61. The van der Waals surface area contributed by atoms with E-state index in [2.05, 4.69) is 33.0 Å². The summed E-state index contributed by atoms with van der Waals surface area (Å²) in [4.78, 5) is 0. The van der Waals surface area contributed by atoms with E-state index in [9.17, 15) is 13.2 Å². The third kappa shape index (κ3) is 5.95. The molecule has 1 aromatic carbocycles. The molecule has 4 heteroatoms. The molecular weight excluding hydrogens is 263 g/mol. The Morgan fingerprint density at radius 2 is 1.80 bits per heavy atom. The standard InChI is InChI=1S/C16H24F3N/c1-12(2)20-9-8-15(3,4)11-13-6-5-7-14(10-13)16(17,18)19/h5-7,10,12,20H,8-9,11H2,1-4H3. The zero-order valence-corrected chi connectivity index (χ0v) is 12.6. The molecule has 1 nitrogen and oxygen atoms in total. The quantitative estimate of drug-likeness (QED) is 0.802. The van der Waals surface area contributed by atoms with Gasteiger partial charge in [0.2, 0.25) is 0 Å². The lowest BCUT2D eigenvalue weighted by Crippen LogP contribution is -2.28. The first-order valence-corrected chi connectivity index (χ1v) is 7.00. The van der Waals surface area contributed by atoms with Gasteiger partial charge in [0.25, 0.3) is 0 Å². The predicted octanol–water partition coefficient (Wildman–Crippen LogP) is 4.66. The van der Waals surface area contributed by atoms with Crippen molar-refractivity contribution in [2.24, 2.45) is 5.41 Å². The number of rotatable bonds is 6. The van der Waals surface area contributed by atoms with E-state index in [1.807, 2.05) is 0 Å². The van der Waals surface area contributed by atoms with E-state index in [1.165, 1.54) is 12.1 Å². The lowest BCUT2D eigenvalue weighted by Gasteiger charge is -2.26. The molecule has 0 aromatic heterocycles. The summed E-state index contributed by atoms with van der Waals surface area (Å²) in [6.45, 7) is 9.23. The molecule has 1 aromatic rings. The van der Waals surface area contributed by atoms with Crippen molar-refractivity contribution in [2.75, 3.05) is 6.54 Å². The van der Waals surface area contributed by atoms with Crippen molar-refractivity contribution in [3.05, 3.63) is 35.4 Å². The van der Waals surface area contributed by atoms with Crippen LogP contribution in [0.25, 0.3) is 0 Å². The Kier molecular flexibility index (Phi) is 5.63. The fourth-order valence-corrected chi connectivity index (χ4v) is 2.20. The molecule has 1 N–H and O–H groups in total. The predicted molar refractivity (Wildman–Crippen MR) is 76.7 cm³/mol. The highest BCUT2D eigenvalue weighted by Gasteiger charge is 2.30. The maximum absolute atomic E-state index is 12.7. The third-order valence-electron chi connectivity index (χ3n) is 3.29. The summed E-state index contributed by atoms with van der Waals surface area (Å²) < 4.78 is 38.0. The molecule has 0 aliphatic heterocycles. The topological polar surface area (TPSA) is 12.0 Å². The molecule has 0 aliphatic carbocycles. The van der Waals surface area contributed by atoms with Crippen molar-refractivity contribution in [3.8, 4) is 0 Å². The summed E-state index contributed by atoms with van der Waals surface area (Å²) in [6, 6.07) is 6.07. The van der Waals surface area contributed by atoms with Crippen molar-refractivity contribution >= 4 is 0 Å². The van der Waals surface area contributed by atoms with Gasteiger partial charge >= 0.3 is 6.18 Å². The highest BCUT2D eigenvalue weighted by Crippen LogP contribution is 2.32. The molecule has 0 atom stereocenters. The average Bonchev–Trinajstić information content (AvgIpc) is 2.26. The number of benzene rings is 1. The van der Waals surface area contributed by atoms with Crippen LogP contribution in [0.5, 0.6) is 0 Å². The van der Waals surface area contributed by atoms with Crippen LogP contribution in [0, 0.1) is 5.41 Å². The van der Waals surface area contributed by atoms with Gasteiger partial charge in [-0.3, -0.25) is 0 Å². The van der Waals surface area contributed by atoms with Crippen LogP contribution in [0.2, 0.25) is 0 Å². The van der Waals surface area contributed by atoms with Crippen LogP contribution >= 0.6 is 0 Å². The van der Waals surface area contributed by atoms with Crippen molar-refractivity contribution in [1.29, 1.82) is 0 Å². The third-order valence-corrected chi connectivity index (χ3v) is 3.29. The average molecular weight is 287 g/mol. The van der Waals surface area contributed by atoms with Gasteiger partial charge in [0.1, 0.15) is 0 Å². The largest absolute Gasteiger partial charge is 0.416 e. The Bertz CT molecular complexity index is 422. The molecule has 0 saturated heterocycles.